The largest absolute Gasteiger partial charge is 0.419 e. The molecule has 0 spiro atoms. The first-order chi connectivity index (χ1) is 12.0. The van der Waals surface area contributed by atoms with Crippen LogP contribution >= 0.6 is 0 Å². The molecule has 0 aliphatic carbocycles. The number of amides is 2. The van der Waals surface area contributed by atoms with Gasteiger partial charge in [-0.25, -0.2) is 4.79 Å². The summed E-state index contributed by atoms with van der Waals surface area (Å²) in [7, 11) is 1.67. The zero-order valence-electron chi connectivity index (χ0n) is 14.6. The molecule has 134 valence electrons. The van der Waals surface area contributed by atoms with Crippen LogP contribution in [0, 0.1) is 5.92 Å². The number of piperidine rings is 1. The first-order valence-electron chi connectivity index (χ1n) is 8.57. The van der Waals surface area contributed by atoms with Crippen LogP contribution in [0.4, 0.5) is 0 Å². The number of aromatic nitrogens is 1. The molecule has 7 heteroatoms. The van der Waals surface area contributed by atoms with Gasteiger partial charge in [-0.15, -0.1) is 0 Å². The summed E-state index contributed by atoms with van der Waals surface area (Å²) in [6, 6.07) is 5.64. The third-order valence-corrected chi connectivity index (χ3v) is 4.88. The molecular weight excluding hydrogens is 322 g/mol. The Morgan fingerprint density at radius 3 is 2.68 bits per heavy atom. The topological polar surface area (TPSA) is 84.6 Å². The normalized spacial score (nSPS) is 15.5. The van der Waals surface area contributed by atoms with Gasteiger partial charge >= 0.3 is 5.76 Å². The average molecular weight is 345 g/mol. The second-order valence-electron chi connectivity index (χ2n) is 6.55. The van der Waals surface area contributed by atoms with Crippen molar-refractivity contribution in [2.24, 2.45) is 13.0 Å². The lowest BCUT2D eigenvalue weighted by molar-refractivity contribution is -0.133. The number of likely N-dealkylation sites (tertiary alicyclic amines) is 1. The summed E-state index contributed by atoms with van der Waals surface area (Å²) in [6.07, 6.45) is 2.10. The van der Waals surface area contributed by atoms with Crippen LogP contribution in [0.2, 0.25) is 0 Å². The molecule has 0 saturated carbocycles. The first-order valence-corrected chi connectivity index (χ1v) is 8.57. The van der Waals surface area contributed by atoms with Crippen molar-refractivity contribution in [1.29, 1.82) is 0 Å². The number of carbonyl (C=O) groups is 2. The average Bonchev–Trinajstić information content (AvgIpc) is 2.88. The molecule has 2 amide bonds. The fourth-order valence-electron chi connectivity index (χ4n) is 3.26. The summed E-state index contributed by atoms with van der Waals surface area (Å²) in [4.78, 5) is 36.9. The lowest BCUT2D eigenvalue weighted by atomic mass is 9.96. The van der Waals surface area contributed by atoms with Crippen molar-refractivity contribution in [1.82, 2.24) is 14.8 Å². The van der Waals surface area contributed by atoms with Crippen LogP contribution in [-0.2, 0) is 23.1 Å². The van der Waals surface area contributed by atoms with Gasteiger partial charge in [0.05, 0.1) is 5.52 Å². The summed E-state index contributed by atoms with van der Waals surface area (Å²) in [5.41, 5.74) is 2.33. The molecule has 3 rings (SSSR count). The molecule has 0 atom stereocenters. The van der Waals surface area contributed by atoms with E-state index >= 15 is 0 Å². The van der Waals surface area contributed by atoms with Gasteiger partial charge in [-0.3, -0.25) is 14.2 Å². The minimum Gasteiger partial charge on any atom is -0.408 e. The van der Waals surface area contributed by atoms with Gasteiger partial charge in [-0.05, 0) is 37.0 Å². The maximum atomic E-state index is 12.2. The molecule has 2 aromatic rings. The van der Waals surface area contributed by atoms with E-state index < -0.39 is 0 Å². The molecule has 0 bridgehead atoms. The molecular formula is C18H23N3O4. The van der Waals surface area contributed by atoms with Crippen molar-refractivity contribution in [3.8, 4) is 0 Å². The molecule has 25 heavy (non-hydrogen) atoms. The van der Waals surface area contributed by atoms with Gasteiger partial charge in [-0.2, -0.15) is 0 Å². The van der Waals surface area contributed by atoms with Crippen LogP contribution in [0.5, 0.6) is 0 Å². The van der Waals surface area contributed by atoms with Crippen LogP contribution < -0.4 is 11.1 Å². The number of hydrogen-bond acceptors (Lipinski definition) is 4. The third-order valence-electron chi connectivity index (χ3n) is 4.88. The number of carbonyl (C=O) groups excluding carboxylic acids is 2. The third kappa shape index (κ3) is 3.75. The molecule has 0 unspecified atom stereocenters. The Bertz CT molecular complexity index is 844. The summed E-state index contributed by atoms with van der Waals surface area (Å²) in [6.45, 7) is 3.40. The van der Waals surface area contributed by atoms with Crippen LogP contribution in [0.3, 0.4) is 0 Å². The Hall–Kier alpha value is -2.57. The lowest BCUT2D eigenvalue weighted by Crippen LogP contribution is -2.42. The van der Waals surface area contributed by atoms with E-state index in [-0.39, 0.29) is 23.5 Å². The second kappa shape index (κ2) is 7.13. The Labute approximate surface area is 145 Å². The highest BCUT2D eigenvalue weighted by molar-refractivity contribution is 5.79. The predicted octanol–water partition coefficient (Wildman–Crippen LogP) is 1.05. The van der Waals surface area contributed by atoms with E-state index in [4.69, 9.17) is 4.42 Å². The first kappa shape index (κ1) is 17.3. The summed E-state index contributed by atoms with van der Waals surface area (Å²) in [5.74, 6) is -0.278. The molecule has 1 aliphatic heterocycles. The summed E-state index contributed by atoms with van der Waals surface area (Å²) >= 11 is 0. The summed E-state index contributed by atoms with van der Waals surface area (Å²) in [5, 5.41) is 2.97. The van der Waals surface area contributed by atoms with Crippen molar-refractivity contribution in [2.75, 3.05) is 19.6 Å². The minimum absolute atomic E-state index is 0.0229. The molecule has 1 N–H and O–H groups in total. The van der Waals surface area contributed by atoms with Crippen LogP contribution in [0.15, 0.2) is 27.4 Å². The number of nitrogens with one attached hydrogen (secondary N) is 1. The molecule has 0 radical (unpaired) electrons. The Balaban J connectivity index is 1.50. The molecule has 1 aliphatic rings. The smallest absolute Gasteiger partial charge is 0.408 e. The van der Waals surface area contributed by atoms with E-state index in [1.807, 2.05) is 18.2 Å². The molecule has 1 fully saturated rings. The van der Waals surface area contributed by atoms with Gasteiger partial charge in [0.2, 0.25) is 11.8 Å². The zero-order valence-corrected chi connectivity index (χ0v) is 14.6. The molecule has 2 heterocycles. The van der Waals surface area contributed by atoms with E-state index in [1.165, 1.54) is 4.57 Å². The Kier molecular flexibility index (Phi) is 4.92. The lowest BCUT2D eigenvalue weighted by Gasteiger charge is -2.30. The zero-order chi connectivity index (χ0) is 18.0. The number of aryl methyl sites for hydroxylation is 1. The van der Waals surface area contributed by atoms with Gasteiger partial charge < -0.3 is 14.6 Å². The molecule has 1 saturated heterocycles. The fourth-order valence-corrected chi connectivity index (χ4v) is 3.26. The minimum atomic E-state index is -0.377. The van der Waals surface area contributed by atoms with E-state index in [0.29, 0.717) is 44.5 Å². The molecule has 7 nitrogen and oxygen atoms in total. The second-order valence-corrected chi connectivity index (χ2v) is 6.55. The monoisotopic (exact) mass is 345 g/mol. The van der Waals surface area contributed by atoms with Crippen LogP contribution in [0.25, 0.3) is 11.1 Å². The van der Waals surface area contributed by atoms with Crippen molar-refractivity contribution < 1.29 is 14.0 Å². The van der Waals surface area contributed by atoms with Crippen LogP contribution in [0.1, 0.15) is 25.3 Å². The van der Waals surface area contributed by atoms with Gasteiger partial charge in [0.25, 0.3) is 0 Å². The number of benzene rings is 1. The van der Waals surface area contributed by atoms with E-state index in [2.05, 4.69) is 5.32 Å². The number of hydrogen-bond donors (Lipinski definition) is 1. The Morgan fingerprint density at radius 2 is 2.00 bits per heavy atom. The number of fused-ring (bicyclic) bond motifs is 1. The summed E-state index contributed by atoms with van der Waals surface area (Å²) < 4.78 is 6.65. The van der Waals surface area contributed by atoms with Crippen molar-refractivity contribution in [3.05, 3.63) is 34.3 Å². The number of oxazole rings is 1. The quantitative estimate of drug-likeness (QED) is 0.898. The SMILES string of the molecule is CC(=O)N1CCC(C(=O)NCCc2ccc3c(c2)oc(=O)n3C)CC1. The Morgan fingerprint density at radius 1 is 1.28 bits per heavy atom. The maximum Gasteiger partial charge on any atom is 0.419 e. The van der Waals surface area contributed by atoms with Gasteiger partial charge in [0.15, 0.2) is 5.58 Å². The standard InChI is InChI=1S/C18H23N3O4/c1-12(22)21-9-6-14(7-10-21)17(23)19-8-5-13-3-4-15-16(11-13)25-18(24)20(15)2/h3-4,11,14H,5-10H2,1-2H3,(H,19,23). The van der Waals surface area contributed by atoms with Crippen molar-refractivity contribution in [3.63, 3.8) is 0 Å². The van der Waals surface area contributed by atoms with Gasteiger partial charge in [0, 0.05) is 39.5 Å². The number of nitrogens with zero attached hydrogens (tertiary/aromatic N) is 2. The highest BCUT2D eigenvalue weighted by atomic mass is 16.4. The molecule has 1 aromatic carbocycles. The van der Waals surface area contributed by atoms with Gasteiger partial charge in [0.1, 0.15) is 0 Å². The van der Waals surface area contributed by atoms with Crippen LogP contribution in [-0.4, -0.2) is 40.9 Å². The van der Waals surface area contributed by atoms with E-state index in [9.17, 15) is 14.4 Å². The van der Waals surface area contributed by atoms with E-state index in [1.54, 1.807) is 18.9 Å². The molecule has 1 aromatic heterocycles. The van der Waals surface area contributed by atoms with E-state index in [0.717, 1.165) is 11.1 Å². The predicted molar refractivity (Wildman–Crippen MR) is 93.1 cm³/mol. The maximum absolute atomic E-state index is 12.2. The van der Waals surface area contributed by atoms with Gasteiger partial charge in [-0.1, -0.05) is 6.07 Å². The van der Waals surface area contributed by atoms with Crippen molar-refractivity contribution >= 4 is 22.9 Å². The number of rotatable bonds is 4. The highest BCUT2D eigenvalue weighted by Crippen LogP contribution is 2.18. The highest BCUT2D eigenvalue weighted by Gasteiger charge is 2.25. The fraction of sp³-hybridized carbons (Fsp3) is 0.500. The van der Waals surface area contributed by atoms with Crippen molar-refractivity contribution in [2.45, 2.75) is 26.2 Å².